The lowest BCUT2D eigenvalue weighted by Crippen LogP contribution is -2.09. The first-order valence-corrected chi connectivity index (χ1v) is 9.71. The van der Waals surface area contributed by atoms with Crippen LogP contribution in [0.15, 0.2) is 11.6 Å². The number of aliphatic hydroxyl groups is 1. The molecule has 0 radical (unpaired) electrons. The lowest BCUT2D eigenvalue weighted by Gasteiger charge is -2.07. The molecule has 0 bridgehead atoms. The molecule has 0 amide bonds. The standard InChI is InChI=1S/C19H33NO4/c21-18-14-16(19(22)24-18)12-10-8-6-4-2-1-3-5-7-9-11-13-17-15-20(17)23/h14,17,19,22-23H,1-13,15H2. The van der Waals surface area contributed by atoms with E-state index in [2.05, 4.69) is 4.74 Å². The highest BCUT2D eigenvalue weighted by Gasteiger charge is 2.31. The number of ether oxygens (including phenoxy) is 1. The fourth-order valence-electron chi connectivity index (χ4n) is 3.35. The first-order valence-electron chi connectivity index (χ1n) is 9.71. The van der Waals surface area contributed by atoms with Gasteiger partial charge in [-0.3, -0.25) is 0 Å². The fraction of sp³-hybridized carbons (Fsp3) is 0.842. The van der Waals surface area contributed by atoms with Crippen LogP contribution in [-0.4, -0.2) is 40.2 Å². The van der Waals surface area contributed by atoms with E-state index in [1.54, 1.807) is 0 Å². The van der Waals surface area contributed by atoms with Crippen LogP contribution in [0.4, 0.5) is 0 Å². The predicted octanol–water partition coefficient (Wildman–Crippen LogP) is 3.93. The number of carbonyl (C=O) groups is 1. The predicted molar refractivity (Wildman–Crippen MR) is 92.5 cm³/mol. The molecule has 0 aliphatic carbocycles. The molecule has 0 spiro atoms. The lowest BCUT2D eigenvalue weighted by atomic mass is 10.0. The summed E-state index contributed by atoms with van der Waals surface area (Å²) in [6, 6.07) is 0.464. The molecule has 2 heterocycles. The van der Waals surface area contributed by atoms with Crippen molar-refractivity contribution in [1.82, 2.24) is 5.06 Å². The molecule has 0 aromatic heterocycles. The van der Waals surface area contributed by atoms with Crippen molar-refractivity contribution in [2.24, 2.45) is 0 Å². The second kappa shape index (κ2) is 10.9. The molecule has 2 aliphatic heterocycles. The monoisotopic (exact) mass is 339 g/mol. The summed E-state index contributed by atoms with van der Waals surface area (Å²) < 4.78 is 4.66. The van der Waals surface area contributed by atoms with Crippen LogP contribution in [-0.2, 0) is 9.53 Å². The Bertz CT molecular complexity index is 410. The molecule has 3 unspecified atom stereocenters. The Labute approximate surface area is 145 Å². The van der Waals surface area contributed by atoms with Gasteiger partial charge in [0.1, 0.15) is 0 Å². The molecule has 2 N–H and O–H groups in total. The van der Waals surface area contributed by atoms with Crippen LogP contribution in [0.25, 0.3) is 0 Å². The topological polar surface area (TPSA) is 69.8 Å². The number of esters is 1. The number of aliphatic hydroxyl groups excluding tert-OH is 1. The normalized spacial score (nSPS) is 25.7. The minimum absolute atomic E-state index is 0.416. The van der Waals surface area contributed by atoms with E-state index in [4.69, 9.17) is 5.21 Å². The van der Waals surface area contributed by atoms with Crippen LogP contribution in [0.3, 0.4) is 0 Å². The molecule has 3 atom stereocenters. The van der Waals surface area contributed by atoms with Gasteiger partial charge in [-0.2, -0.15) is 5.06 Å². The number of unbranched alkanes of at least 4 members (excludes halogenated alkanes) is 10. The third kappa shape index (κ3) is 7.77. The Morgan fingerprint density at radius 3 is 1.92 bits per heavy atom. The van der Waals surface area contributed by atoms with E-state index in [1.165, 1.54) is 68.9 Å². The van der Waals surface area contributed by atoms with Gasteiger partial charge < -0.3 is 15.1 Å². The number of hydrogen-bond donors (Lipinski definition) is 2. The maximum absolute atomic E-state index is 11.0. The van der Waals surface area contributed by atoms with Crippen molar-refractivity contribution < 1.29 is 19.8 Å². The SMILES string of the molecule is O=C1C=C(CCCCCCCCCCCCCC2CN2O)C(O)O1. The highest BCUT2D eigenvalue weighted by Crippen LogP contribution is 2.21. The summed E-state index contributed by atoms with van der Waals surface area (Å²) >= 11 is 0. The van der Waals surface area contributed by atoms with Crippen molar-refractivity contribution >= 4 is 5.97 Å². The second-order valence-electron chi connectivity index (χ2n) is 7.21. The van der Waals surface area contributed by atoms with Crippen molar-refractivity contribution in [1.29, 1.82) is 0 Å². The molecule has 1 fully saturated rings. The van der Waals surface area contributed by atoms with Crippen LogP contribution >= 0.6 is 0 Å². The van der Waals surface area contributed by atoms with E-state index in [-0.39, 0.29) is 0 Å². The minimum atomic E-state index is -0.996. The summed E-state index contributed by atoms with van der Waals surface area (Å²) in [4.78, 5) is 11.0. The van der Waals surface area contributed by atoms with E-state index in [0.717, 1.165) is 37.8 Å². The van der Waals surface area contributed by atoms with E-state index in [9.17, 15) is 9.90 Å². The Morgan fingerprint density at radius 2 is 1.46 bits per heavy atom. The van der Waals surface area contributed by atoms with Crippen molar-refractivity contribution in [3.8, 4) is 0 Å². The molecule has 5 heteroatoms. The van der Waals surface area contributed by atoms with Gasteiger partial charge in [-0.05, 0) is 19.3 Å². The minimum Gasteiger partial charge on any atom is -0.429 e. The Balaban J connectivity index is 1.27. The smallest absolute Gasteiger partial charge is 0.333 e. The molecule has 1 saturated heterocycles. The Morgan fingerprint density at radius 1 is 0.958 bits per heavy atom. The van der Waals surface area contributed by atoms with Gasteiger partial charge in [-0.25, -0.2) is 4.79 Å². The van der Waals surface area contributed by atoms with Gasteiger partial charge in [-0.1, -0.05) is 64.2 Å². The molecule has 0 aromatic carbocycles. The van der Waals surface area contributed by atoms with Crippen molar-refractivity contribution in [2.75, 3.05) is 6.54 Å². The van der Waals surface area contributed by atoms with Gasteiger partial charge in [0, 0.05) is 18.2 Å². The highest BCUT2D eigenvalue weighted by atomic mass is 16.6. The van der Waals surface area contributed by atoms with Gasteiger partial charge in [0.05, 0.1) is 6.04 Å². The maximum atomic E-state index is 11.0. The average Bonchev–Trinajstić information content (AvgIpc) is 3.15. The molecular weight excluding hydrogens is 306 g/mol. The van der Waals surface area contributed by atoms with Crippen LogP contribution in [0, 0.1) is 0 Å². The molecule has 24 heavy (non-hydrogen) atoms. The molecule has 0 aromatic rings. The van der Waals surface area contributed by atoms with E-state index in [1.807, 2.05) is 0 Å². The quantitative estimate of drug-likeness (QED) is 0.285. The van der Waals surface area contributed by atoms with Crippen molar-refractivity contribution in [2.45, 2.75) is 95.8 Å². The van der Waals surface area contributed by atoms with Gasteiger partial charge in [0.25, 0.3) is 0 Å². The summed E-state index contributed by atoms with van der Waals surface area (Å²) in [5.74, 6) is -0.416. The fourth-order valence-corrected chi connectivity index (χ4v) is 3.35. The third-order valence-electron chi connectivity index (χ3n) is 5.04. The number of hydrogen-bond acceptors (Lipinski definition) is 5. The molecule has 2 aliphatic rings. The zero-order valence-corrected chi connectivity index (χ0v) is 14.8. The van der Waals surface area contributed by atoms with E-state index >= 15 is 0 Å². The maximum Gasteiger partial charge on any atom is 0.333 e. The number of rotatable bonds is 14. The van der Waals surface area contributed by atoms with Crippen molar-refractivity contribution in [3.05, 3.63) is 11.6 Å². The van der Waals surface area contributed by atoms with E-state index < -0.39 is 12.3 Å². The van der Waals surface area contributed by atoms with Gasteiger partial charge in [-0.15, -0.1) is 0 Å². The lowest BCUT2D eigenvalue weighted by molar-refractivity contribution is -0.151. The average molecular weight is 339 g/mol. The summed E-state index contributed by atoms with van der Waals surface area (Å²) in [6.07, 6.45) is 16.3. The highest BCUT2D eigenvalue weighted by molar-refractivity contribution is 5.85. The number of nitrogens with zero attached hydrogens (tertiary/aromatic N) is 1. The molecule has 2 rings (SSSR count). The second-order valence-corrected chi connectivity index (χ2v) is 7.21. The van der Waals surface area contributed by atoms with Gasteiger partial charge in [0.15, 0.2) is 0 Å². The van der Waals surface area contributed by atoms with Crippen LogP contribution < -0.4 is 0 Å². The zero-order valence-electron chi connectivity index (χ0n) is 14.8. The molecule has 5 nitrogen and oxygen atoms in total. The summed E-state index contributed by atoms with van der Waals surface area (Å²) in [5, 5.41) is 20.0. The number of cyclic esters (lactones) is 1. The summed E-state index contributed by atoms with van der Waals surface area (Å²) in [6.45, 7) is 0.879. The first-order chi connectivity index (χ1) is 11.7. The van der Waals surface area contributed by atoms with Crippen molar-refractivity contribution in [3.63, 3.8) is 0 Å². The molecular formula is C19H33NO4. The van der Waals surface area contributed by atoms with Crippen LogP contribution in [0.1, 0.15) is 83.5 Å². The first kappa shape index (κ1) is 19.4. The number of carbonyl (C=O) groups excluding carboxylic acids is 1. The summed E-state index contributed by atoms with van der Waals surface area (Å²) in [7, 11) is 0. The molecule has 138 valence electrons. The molecule has 0 saturated carbocycles. The zero-order chi connectivity index (χ0) is 17.2. The Hall–Kier alpha value is -0.910. The van der Waals surface area contributed by atoms with Gasteiger partial charge in [0.2, 0.25) is 6.29 Å². The van der Waals surface area contributed by atoms with E-state index in [0.29, 0.717) is 6.04 Å². The van der Waals surface area contributed by atoms with Crippen LogP contribution in [0.5, 0.6) is 0 Å². The third-order valence-corrected chi connectivity index (χ3v) is 5.04. The largest absolute Gasteiger partial charge is 0.429 e. The summed E-state index contributed by atoms with van der Waals surface area (Å²) in [5.41, 5.74) is 0.730. The number of hydroxylamine groups is 2. The van der Waals surface area contributed by atoms with Crippen LogP contribution in [0.2, 0.25) is 0 Å². The van der Waals surface area contributed by atoms with Gasteiger partial charge >= 0.3 is 5.97 Å². The Kier molecular flexibility index (Phi) is 8.78.